The summed E-state index contributed by atoms with van der Waals surface area (Å²) in [4.78, 5) is 15.3. The fourth-order valence-electron chi connectivity index (χ4n) is 2.73. The number of hydrogen-bond donors (Lipinski definition) is 3. The van der Waals surface area contributed by atoms with E-state index in [9.17, 15) is 4.79 Å². The molecule has 0 aliphatic heterocycles. The Hall–Kier alpha value is -2.37. The summed E-state index contributed by atoms with van der Waals surface area (Å²) in [5, 5.41) is 12.3. The lowest BCUT2D eigenvalue weighted by molar-refractivity contribution is -0.124. The van der Waals surface area contributed by atoms with Crippen molar-refractivity contribution in [3.05, 3.63) is 64.3 Å². The Morgan fingerprint density at radius 2 is 2.22 bits per heavy atom. The normalized spacial score (nSPS) is 16.3. The lowest BCUT2D eigenvalue weighted by Crippen LogP contribution is -2.14. The van der Waals surface area contributed by atoms with Gasteiger partial charge in [-0.25, -0.2) is 10.5 Å². The highest BCUT2D eigenvalue weighted by Crippen LogP contribution is 2.34. The van der Waals surface area contributed by atoms with Gasteiger partial charge in [-0.05, 0) is 41.7 Å². The summed E-state index contributed by atoms with van der Waals surface area (Å²) in [7, 11) is 0. The number of hydrogen-bond acceptors (Lipinski definition) is 4. The van der Waals surface area contributed by atoms with Gasteiger partial charge < -0.3 is 5.32 Å². The number of amides is 1. The number of aromatic nitrogens is 1. The second-order valence-corrected chi connectivity index (χ2v) is 5.75. The van der Waals surface area contributed by atoms with Gasteiger partial charge in [0.15, 0.2) is 0 Å². The maximum atomic E-state index is 11.0. The predicted octanol–water partition coefficient (Wildman–Crippen LogP) is 3.35. The summed E-state index contributed by atoms with van der Waals surface area (Å²) in [6, 6.07) is 10.3. The number of fused-ring (bicyclic) bond motifs is 1. The molecule has 0 spiro atoms. The molecule has 1 unspecified atom stereocenters. The number of carbonyl (C=O) groups excluding carboxylic acids is 1. The van der Waals surface area contributed by atoms with E-state index in [0.717, 1.165) is 12.8 Å². The van der Waals surface area contributed by atoms with Crippen molar-refractivity contribution >= 4 is 29.4 Å². The van der Waals surface area contributed by atoms with Gasteiger partial charge in [0.05, 0.1) is 11.1 Å². The van der Waals surface area contributed by atoms with Crippen molar-refractivity contribution in [2.45, 2.75) is 18.9 Å². The molecule has 23 heavy (non-hydrogen) atoms. The summed E-state index contributed by atoms with van der Waals surface area (Å²) in [6.45, 7) is 0. The van der Waals surface area contributed by atoms with E-state index in [1.807, 2.05) is 6.07 Å². The summed E-state index contributed by atoms with van der Waals surface area (Å²) < 4.78 is 0. The minimum Gasteiger partial charge on any atom is -0.362 e. The van der Waals surface area contributed by atoms with Crippen LogP contribution in [0, 0.1) is 0 Å². The number of carbonyl (C=O) groups is 1. The summed E-state index contributed by atoms with van der Waals surface area (Å²) in [5.74, 6) is 0.0167. The van der Waals surface area contributed by atoms with Crippen molar-refractivity contribution in [3.8, 4) is 0 Å². The minimum atomic E-state index is -0.606. The van der Waals surface area contributed by atoms with Gasteiger partial charge in [-0.1, -0.05) is 35.9 Å². The van der Waals surface area contributed by atoms with Gasteiger partial charge in [0, 0.05) is 12.3 Å². The van der Waals surface area contributed by atoms with Crippen molar-refractivity contribution in [2.75, 3.05) is 5.32 Å². The summed E-state index contributed by atoms with van der Waals surface area (Å²) >= 11 is 6.28. The first-order valence-corrected chi connectivity index (χ1v) is 7.67. The number of nitrogens with zero attached hydrogens (tertiary/aromatic N) is 1. The van der Waals surface area contributed by atoms with E-state index in [-0.39, 0.29) is 6.04 Å². The third-order valence-electron chi connectivity index (χ3n) is 3.84. The molecule has 0 radical (unpaired) electrons. The second-order valence-electron chi connectivity index (χ2n) is 5.34. The smallest absolute Gasteiger partial charge is 0.267 e. The average Bonchev–Trinajstić information content (AvgIpc) is 2.98. The molecule has 1 aromatic carbocycles. The van der Waals surface area contributed by atoms with Crippen LogP contribution in [0.2, 0.25) is 5.02 Å². The van der Waals surface area contributed by atoms with Gasteiger partial charge in [-0.15, -0.1) is 0 Å². The van der Waals surface area contributed by atoms with E-state index in [1.54, 1.807) is 12.3 Å². The Kier molecular flexibility index (Phi) is 4.60. The molecule has 1 aromatic heterocycles. The number of aryl methyl sites for hydroxylation is 1. The second kappa shape index (κ2) is 6.81. The quantitative estimate of drug-likeness (QED) is 0.457. The number of rotatable bonds is 4. The Balaban J connectivity index is 1.75. The Morgan fingerprint density at radius 3 is 3.00 bits per heavy atom. The molecule has 0 saturated carbocycles. The van der Waals surface area contributed by atoms with Crippen LogP contribution in [0.15, 0.2) is 42.6 Å². The zero-order valence-electron chi connectivity index (χ0n) is 12.3. The Labute approximate surface area is 139 Å². The zero-order chi connectivity index (χ0) is 16.2. The van der Waals surface area contributed by atoms with Crippen molar-refractivity contribution in [2.24, 2.45) is 0 Å². The Morgan fingerprint density at radius 1 is 1.39 bits per heavy atom. The highest BCUT2D eigenvalue weighted by atomic mass is 35.5. The largest absolute Gasteiger partial charge is 0.362 e. The molecule has 3 rings (SSSR count). The van der Waals surface area contributed by atoms with E-state index in [2.05, 4.69) is 28.5 Å². The number of hydroxylamine groups is 1. The highest BCUT2D eigenvalue weighted by molar-refractivity contribution is 6.33. The molecule has 1 atom stereocenters. The Bertz CT molecular complexity index is 761. The van der Waals surface area contributed by atoms with Crippen LogP contribution in [-0.2, 0) is 11.2 Å². The highest BCUT2D eigenvalue weighted by Gasteiger charge is 2.22. The molecule has 1 amide bonds. The third-order valence-corrected chi connectivity index (χ3v) is 4.13. The number of halogens is 1. The van der Waals surface area contributed by atoms with Gasteiger partial charge >= 0.3 is 0 Å². The topological polar surface area (TPSA) is 74.2 Å². The van der Waals surface area contributed by atoms with E-state index < -0.39 is 5.91 Å². The van der Waals surface area contributed by atoms with Gasteiger partial charge in [0.2, 0.25) is 0 Å². The zero-order valence-corrected chi connectivity index (χ0v) is 13.0. The molecule has 5 nitrogen and oxygen atoms in total. The van der Waals surface area contributed by atoms with Crippen LogP contribution in [0.25, 0.3) is 6.08 Å². The first-order valence-electron chi connectivity index (χ1n) is 7.29. The predicted molar refractivity (Wildman–Crippen MR) is 89.3 cm³/mol. The average molecular weight is 330 g/mol. The summed E-state index contributed by atoms with van der Waals surface area (Å²) in [5.41, 5.74) is 4.85. The first-order chi connectivity index (χ1) is 11.2. The van der Waals surface area contributed by atoms with Crippen LogP contribution < -0.4 is 10.8 Å². The molecular formula is C17H16ClN3O2. The molecule has 1 aliphatic rings. The molecule has 1 heterocycles. The fourth-order valence-corrected chi connectivity index (χ4v) is 2.96. The fraction of sp³-hybridized carbons (Fsp3) is 0.176. The molecule has 1 aliphatic carbocycles. The van der Waals surface area contributed by atoms with Gasteiger partial charge in [-0.2, -0.15) is 0 Å². The molecule has 0 fully saturated rings. The standard InChI is InChI=1S/C17H16ClN3O2/c18-14-9-11(5-8-16(22)21-23)10-19-17(14)20-15-7-6-12-3-1-2-4-13(12)15/h1-5,8-10,15,23H,6-7H2,(H,19,20)(H,21,22). The SMILES string of the molecule is O=C(C=Cc1cnc(NC2CCc3ccccc32)c(Cl)c1)NO. The van der Waals surface area contributed by atoms with E-state index in [4.69, 9.17) is 16.8 Å². The maximum Gasteiger partial charge on any atom is 0.267 e. The van der Waals surface area contributed by atoms with E-state index >= 15 is 0 Å². The van der Waals surface area contributed by atoms with E-state index in [1.165, 1.54) is 28.8 Å². The van der Waals surface area contributed by atoms with Gasteiger partial charge in [0.1, 0.15) is 5.82 Å². The van der Waals surface area contributed by atoms with Crippen LogP contribution in [0.1, 0.15) is 29.2 Å². The summed E-state index contributed by atoms with van der Waals surface area (Å²) in [6.07, 6.45) is 6.40. The lowest BCUT2D eigenvalue weighted by Gasteiger charge is -2.16. The third kappa shape index (κ3) is 3.52. The maximum absolute atomic E-state index is 11.0. The van der Waals surface area contributed by atoms with Crippen molar-refractivity contribution in [1.82, 2.24) is 10.5 Å². The van der Waals surface area contributed by atoms with Gasteiger partial charge in [-0.3, -0.25) is 10.0 Å². The van der Waals surface area contributed by atoms with Crippen molar-refractivity contribution in [1.29, 1.82) is 0 Å². The number of anilines is 1. The molecule has 0 saturated heterocycles. The van der Waals surface area contributed by atoms with Crippen LogP contribution in [0.3, 0.4) is 0 Å². The molecule has 118 valence electrons. The monoisotopic (exact) mass is 329 g/mol. The molecule has 6 heteroatoms. The lowest BCUT2D eigenvalue weighted by atomic mass is 10.1. The van der Waals surface area contributed by atoms with Crippen molar-refractivity contribution in [3.63, 3.8) is 0 Å². The number of pyridine rings is 1. The first kappa shape index (κ1) is 15.5. The molecule has 2 aromatic rings. The molecule has 3 N–H and O–H groups in total. The van der Waals surface area contributed by atoms with Crippen LogP contribution >= 0.6 is 11.6 Å². The van der Waals surface area contributed by atoms with E-state index in [0.29, 0.717) is 16.4 Å². The van der Waals surface area contributed by atoms with Gasteiger partial charge in [0.25, 0.3) is 5.91 Å². The van der Waals surface area contributed by atoms with Crippen molar-refractivity contribution < 1.29 is 10.0 Å². The molecular weight excluding hydrogens is 314 g/mol. The molecule has 0 bridgehead atoms. The van der Waals surface area contributed by atoms with Crippen LogP contribution in [-0.4, -0.2) is 16.1 Å². The number of benzene rings is 1. The van der Waals surface area contributed by atoms with Crippen LogP contribution in [0.4, 0.5) is 5.82 Å². The van der Waals surface area contributed by atoms with Crippen LogP contribution in [0.5, 0.6) is 0 Å². The minimum absolute atomic E-state index is 0.206. The number of nitrogens with one attached hydrogen (secondary N) is 2.